The number of nitrogens with zero attached hydrogens (tertiary/aromatic N) is 1. The summed E-state index contributed by atoms with van der Waals surface area (Å²) in [6, 6.07) is 14.4. The molecule has 0 spiro atoms. The number of fused-ring (bicyclic) bond motifs is 3. The van der Waals surface area contributed by atoms with Crippen molar-refractivity contribution < 1.29 is 9.53 Å². The van der Waals surface area contributed by atoms with Crippen molar-refractivity contribution in [3.8, 4) is 0 Å². The Bertz CT molecular complexity index is 829. The van der Waals surface area contributed by atoms with Gasteiger partial charge in [-0.25, -0.2) is 0 Å². The molecule has 0 saturated heterocycles. The second kappa shape index (κ2) is 5.74. The van der Waals surface area contributed by atoms with E-state index in [1.807, 2.05) is 25.1 Å². The van der Waals surface area contributed by atoms with E-state index in [0.29, 0.717) is 5.75 Å². The number of methoxy groups -OCH3 is 1. The molecule has 21 heavy (non-hydrogen) atoms. The molecule has 1 heterocycles. The summed E-state index contributed by atoms with van der Waals surface area (Å²) in [7, 11) is 1.41. The van der Waals surface area contributed by atoms with Crippen molar-refractivity contribution in [2.75, 3.05) is 12.9 Å². The second-order valence-corrected chi connectivity index (χ2v) is 5.83. The lowest BCUT2D eigenvalue weighted by Gasteiger charge is -2.09. The number of ether oxygens (including phenoxy) is 1. The Morgan fingerprint density at radius 2 is 2.00 bits per heavy atom. The number of pyridine rings is 1. The Kier molecular flexibility index (Phi) is 3.80. The predicted octanol–water partition coefficient (Wildman–Crippen LogP) is 3.96. The minimum atomic E-state index is -0.219. The van der Waals surface area contributed by atoms with Crippen LogP contribution in [0.3, 0.4) is 0 Å². The first kappa shape index (κ1) is 13.9. The average Bonchev–Trinajstić information content (AvgIpc) is 2.52. The lowest BCUT2D eigenvalue weighted by molar-refractivity contribution is -0.137. The average molecular weight is 297 g/mol. The number of benzene rings is 2. The van der Waals surface area contributed by atoms with Gasteiger partial charge in [0.15, 0.2) is 0 Å². The topological polar surface area (TPSA) is 39.2 Å². The van der Waals surface area contributed by atoms with Crippen molar-refractivity contribution >= 4 is 39.4 Å². The van der Waals surface area contributed by atoms with E-state index in [-0.39, 0.29) is 5.97 Å². The van der Waals surface area contributed by atoms with Crippen LogP contribution in [-0.2, 0) is 9.53 Å². The van der Waals surface area contributed by atoms with E-state index in [1.54, 1.807) is 0 Å². The van der Waals surface area contributed by atoms with Gasteiger partial charge in [-0.3, -0.25) is 9.78 Å². The Hall–Kier alpha value is -2.07. The van der Waals surface area contributed by atoms with Gasteiger partial charge in [-0.05, 0) is 18.4 Å². The van der Waals surface area contributed by atoms with Gasteiger partial charge in [-0.15, -0.1) is 11.8 Å². The van der Waals surface area contributed by atoms with Crippen LogP contribution in [0.5, 0.6) is 0 Å². The van der Waals surface area contributed by atoms with Crippen LogP contribution in [-0.4, -0.2) is 23.8 Å². The van der Waals surface area contributed by atoms with Gasteiger partial charge in [0.2, 0.25) is 0 Å². The van der Waals surface area contributed by atoms with Crippen molar-refractivity contribution in [3.05, 3.63) is 48.2 Å². The molecule has 0 atom stereocenters. The summed E-state index contributed by atoms with van der Waals surface area (Å²) in [5, 5.41) is 3.39. The van der Waals surface area contributed by atoms with Crippen molar-refractivity contribution in [1.29, 1.82) is 0 Å². The smallest absolute Gasteiger partial charge is 0.315 e. The molecular weight excluding hydrogens is 282 g/mol. The number of aryl methyl sites for hydroxylation is 1. The number of thioether (sulfide) groups is 1. The summed E-state index contributed by atoms with van der Waals surface area (Å²) in [4.78, 5) is 17.1. The standard InChI is InChI=1S/C17H15NO2S/c1-11-9-15(21-10-16(19)20-2)14-8-7-12-5-3-4-6-13(12)17(14)18-11/h3-9H,10H2,1-2H3. The highest BCUT2D eigenvalue weighted by molar-refractivity contribution is 8.00. The van der Waals surface area contributed by atoms with Gasteiger partial charge in [-0.1, -0.05) is 36.4 Å². The Labute approximate surface area is 127 Å². The summed E-state index contributed by atoms with van der Waals surface area (Å²) >= 11 is 1.49. The second-order valence-electron chi connectivity index (χ2n) is 4.81. The summed E-state index contributed by atoms with van der Waals surface area (Å²) in [5.41, 5.74) is 1.94. The van der Waals surface area contributed by atoms with E-state index >= 15 is 0 Å². The number of esters is 1. The summed E-state index contributed by atoms with van der Waals surface area (Å²) in [6.07, 6.45) is 0. The quantitative estimate of drug-likeness (QED) is 0.417. The first-order valence-corrected chi connectivity index (χ1v) is 7.66. The highest BCUT2D eigenvalue weighted by Crippen LogP contribution is 2.32. The largest absolute Gasteiger partial charge is 0.468 e. The first-order chi connectivity index (χ1) is 10.2. The highest BCUT2D eigenvalue weighted by atomic mass is 32.2. The maximum atomic E-state index is 11.4. The molecule has 0 aliphatic heterocycles. The molecule has 4 heteroatoms. The minimum absolute atomic E-state index is 0.219. The predicted molar refractivity (Wildman–Crippen MR) is 86.7 cm³/mol. The van der Waals surface area contributed by atoms with Gasteiger partial charge in [0, 0.05) is 21.4 Å². The molecule has 0 amide bonds. The number of rotatable bonds is 3. The lowest BCUT2D eigenvalue weighted by Crippen LogP contribution is -2.03. The van der Waals surface area contributed by atoms with Crippen molar-refractivity contribution in [2.24, 2.45) is 0 Å². The number of carbonyl (C=O) groups is 1. The van der Waals surface area contributed by atoms with E-state index in [4.69, 9.17) is 4.74 Å². The number of hydrogen-bond acceptors (Lipinski definition) is 4. The summed E-state index contributed by atoms with van der Waals surface area (Å²) in [5.74, 6) is 0.0884. The molecule has 0 saturated carbocycles. The highest BCUT2D eigenvalue weighted by Gasteiger charge is 2.10. The fourth-order valence-electron chi connectivity index (χ4n) is 2.37. The van der Waals surface area contributed by atoms with E-state index < -0.39 is 0 Å². The number of aromatic nitrogens is 1. The number of carbonyl (C=O) groups excluding carboxylic acids is 1. The molecule has 0 bridgehead atoms. The zero-order valence-electron chi connectivity index (χ0n) is 11.9. The van der Waals surface area contributed by atoms with Gasteiger partial charge in [0.1, 0.15) is 0 Å². The van der Waals surface area contributed by atoms with Crippen LogP contribution in [0, 0.1) is 6.92 Å². The SMILES string of the molecule is COC(=O)CSc1cc(C)nc2c1ccc1ccccc12. The zero-order chi connectivity index (χ0) is 14.8. The molecule has 3 aromatic rings. The van der Waals surface area contributed by atoms with Crippen LogP contribution in [0.1, 0.15) is 5.69 Å². The van der Waals surface area contributed by atoms with Crippen LogP contribution < -0.4 is 0 Å². The number of hydrogen-bond donors (Lipinski definition) is 0. The molecule has 106 valence electrons. The molecule has 0 fully saturated rings. The zero-order valence-corrected chi connectivity index (χ0v) is 12.7. The maximum Gasteiger partial charge on any atom is 0.315 e. The molecule has 3 nitrogen and oxygen atoms in total. The first-order valence-electron chi connectivity index (χ1n) is 6.68. The van der Waals surface area contributed by atoms with Crippen molar-refractivity contribution in [2.45, 2.75) is 11.8 Å². The van der Waals surface area contributed by atoms with Crippen LogP contribution in [0.25, 0.3) is 21.7 Å². The van der Waals surface area contributed by atoms with Gasteiger partial charge in [0.25, 0.3) is 0 Å². The van der Waals surface area contributed by atoms with Crippen LogP contribution in [0.2, 0.25) is 0 Å². The summed E-state index contributed by atoms with van der Waals surface area (Å²) < 4.78 is 4.71. The molecule has 0 N–H and O–H groups in total. The van der Waals surface area contributed by atoms with E-state index in [1.165, 1.54) is 24.3 Å². The van der Waals surface area contributed by atoms with Crippen LogP contribution in [0.4, 0.5) is 0 Å². The van der Waals surface area contributed by atoms with Crippen molar-refractivity contribution in [1.82, 2.24) is 4.98 Å². The third-order valence-electron chi connectivity index (χ3n) is 3.37. The van der Waals surface area contributed by atoms with Gasteiger partial charge < -0.3 is 4.74 Å². The van der Waals surface area contributed by atoms with Gasteiger partial charge in [-0.2, -0.15) is 0 Å². The maximum absolute atomic E-state index is 11.4. The molecule has 3 rings (SSSR count). The van der Waals surface area contributed by atoms with E-state index in [0.717, 1.165) is 26.9 Å². The molecule has 1 aromatic heterocycles. The molecule has 0 radical (unpaired) electrons. The normalized spacial score (nSPS) is 11.0. The van der Waals surface area contributed by atoms with E-state index in [9.17, 15) is 4.79 Å². The third-order valence-corrected chi connectivity index (χ3v) is 4.40. The molecular formula is C17H15NO2S. The molecule has 2 aromatic carbocycles. The third kappa shape index (κ3) is 2.72. The molecule has 0 unspecified atom stereocenters. The van der Waals surface area contributed by atoms with Gasteiger partial charge >= 0.3 is 5.97 Å². The fourth-order valence-corrected chi connectivity index (χ4v) is 3.33. The Morgan fingerprint density at radius 3 is 2.81 bits per heavy atom. The summed E-state index contributed by atoms with van der Waals surface area (Å²) in [6.45, 7) is 1.98. The van der Waals surface area contributed by atoms with Crippen LogP contribution >= 0.6 is 11.8 Å². The monoisotopic (exact) mass is 297 g/mol. The minimum Gasteiger partial charge on any atom is -0.468 e. The molecule has 0 aliphatic rings. The fraction of sp³-hybridized carbons (Fsp3) is 0.176. The lowest BCUT2D eigenvalue weighted by atomic mass is 10.1. The van der Waals surface area contributed by atoms with Crippen LogP contribution in [0.15, 0.2) is 47.4 Å². The van der Waals surface area contributed by atoms with Crippen molar-refractivity contribution in [3.63, 3.8) is 0 Å². The Morgan fingerprint density at radius 1 is 1.19 bits per heavy atom. The van der Waals surface area contributed by atoms with Gasteiger partial charge in [0.05, 0.1) is 18.4 Å². The van der Waals surface area contributed by atoms with E-state index in [2.05, 4.69) is 29.2 Å². The Balaban J connectivity index is 2.16. The molecule has 0 aliphatic carbocycles.